The van der Waals surface area contributed by atoms with Gasteiger partial charge in [-0.3, -0.25) is 5.32 Å². The molecule has 1 aliphatic heterocycles. The number of sulfonamides is 1. The third-order valence-corrected chi connectivity index (χ3v) is 8.83. The van der Waals surface area contributed by atoms with E-state index in [-0.39, 0.29) is 30.2 Å². The number of nitrogens with one attached hydrogen (secondary N) is 1. The standard InChI is InChI=1S/C19H22N2O6S2/c1-27-19(22)20-16-7-9-17(10-8-16)29(25,26)21-12-11-18(28(23,24)14-13-21)15-5-3-2-4-6-15/h2-10,18H,11-14H2,1H3,(H,20,22). The van der Waals surface area contributed by atoms with E-state index in [9.17, 15) is 21.6 Å². The van der Waals surface area contributed by atoms with Crippen LogP contribution in [0.5, 0.6) is 0 Å². The van der Waals surface area contributed by atoms with Crippen LogP contribution in [0.15, 0.2) is 59.5 Å². The topological polar surface area (TPSA) is 110 Å². The molecule has 1 N–H and O–H groups in total. The van der Waals surface area contributed by atoms with Crippen LogP contribution < -0.4 is 5.32 Å². The molecule has 1 unspecified atom stereocenters. The number of ether oxygens (including phenoxy) is 1. The molecule has 1 saturated heterocycles. The summed E-state index contributed by atoms with van der Waals surface area (Å²) in [6, 6.07) is 14.5. The molecule has 0 aromatic heterocycles. The van der Waals surface area contributed by atoms with E-state index in [1.165, 1.54) is 35.7 Å². The van der Waals surface area contributed by atoms with Crippen molar-refractivity contribution in [1.82, 2.24) is 4.31 Å². The van der Waals surface area contributed by atoms with Crippen molar-refractivity contribution < 1.29 is 26.4 Å². The second-order valence-electron chi connectivity index (χ2n) is 6.60. The summed E-state index contributed by atoms with van der Waals surface area (Å²) < 4.78 is 57.1. The van der Waals surface area contributed by atoms with E-state index in [0.717, 1.165) is 0 Å². The van der Waals surface area contributed by atoms with Crippen LogP contribution in [0.2, 0.25) is 0 Å². The average molecular weight is 439 g/mol. The third kappa shape index (κ3) is 4.77. The highest BCUT2D eigenvalue weighted by Crippen LogP contribution is 2.31. The van der Waals surface area contributed by atoms with Gasteiger partial charge in [-0.1, -0.05) is 30.3 Å². The van der Waals surface area contributed by atoms with E-state index in [2.05, 4.69) is 10.1 Å². The monoisotopic (exact) mass is 438 g/mol. The number of nitrogens with zero attached hydrogens (tertiary/aromatic N) is 1. The summed E-state index contributed by atoms with van der Waals surface area (Å²) in [5.41, 5.74) is 1.06. The number of methoxy groups -OCH3 is 1. The molecule has 1 fully saturated rings. The molecule has 1 atom stereocenters. The number of amides is 1. The van der Waals surface area contributed by atoms with Crippen molar-refractivity contribution in [2.24, 2.45) is 0 Å². The second kappa shape index (κ2) is 8.52. The predicted molar refractivity (Wildman–Crippen MR) is 109 cm³/mol. The molecule has 2 aromatic rings. The molecule has 10 heteroatoms. The van der Waals surface area contributed by atoms with Gasteiger partial charge in [0.15, 0.2) is 9.84 Å². The Hall–Kier alpha value is -2.43. The number of hydrogen-bond donors (Lipinski definition) is 1. The molecule has 29 heavy (non-hydrogen) atoms. The number of rotatable bonds is 4. The Balaban J connectivity index is 1.80. The van der Waals surface area contributed by atoms with Gasteiger partial charge in [0.05, 0.1) is 23.0 Å². The fourth-order valence-electron chi connectivity index (χ4n) is 3.23. The highest BCUT2D eigenvalue weighted by Gasteiger charge is 2.35. The first kappa shape index (κ1) is 21.3. The van der Waals surface area contributed by atoms with Gasteiger partial charge in [-0.2, -0.15) is 4.31 Å². The Morgan fingerprint density at radius 1 is 1.07 bits per heavy atom. The minimum absolute atomic E-state index is 0.0310. The first-order valence-corrected chi connectivity index (χ1v) is 12.1. The summed E-state index contributed by atoms with van der Waals surface area (Å²) in [6.07, 6.45) is -0.474. The maximum atomic E-state index is 13.0. The fourth-order valence-corrected chi connectivity index (χ4v) is 6.60. The predicted octanol–water partition coefficient (Wildman–Crippen LogP) is 2.42. The van der Waals surface area contributed by atoms with Crippen LogP contribution in [0, 0.1) is 0 Å². The highest BCUT2D eigenvalue weighted by molar-refractivity contribution is 7.92. The van der Waals surface area contributed by atoms with Gasteiger partial charge in [0.1, 0.15) is 0 Å². The largest absolute Gasteiger partial charge is 0.453 e. The Kier molecular flexibility index (Phi) is 6.25. The SMILES string of the molecule is COC(=O)Nc1ccc(S(=O)(=O)N2CCC(c3ccccc3)S(=O)(=O)CC2)cc1. The summed E-state index contributed by atoms with van der Waals surface area (Å²) in [5.74, 6) is -0.242. The molecule has 1 amide bonds. The molecular weight excluding hydrogens is 416 g/mol. The first-order chi connectivity index (χ1) is 13.7. The van der Waals surface area contributed by atoms with Crippen molar-refractivity contribution in [1.29, 1.82) is 0 Å². The Labute approximate surface area is 170 Å². The zero-order valence-electron chi connectivity index (χ0n) is 15.8. The maximum Gasteiger partial charge on any atom is 0.411 e. The van der Waals surface area contributed by atoms with Crippen LogP contribution in [0.3, 0.4) is 0 Å². The van der Waals surface area contributed by atoms with E-state index in [1.54, 1.807) is 24.3 Å². The van der Waals surface area contributed by atoms with E-state index in [4.69, 9.17) is 0 Å². The maximum absolute atomic E-state index is 13.0. The molecule has 0 spiro atoms. The molecule has 0 radical (unpaired) electrons. The molecule has 8 nitrogen and oxygen atoms in total. The zero-order chi connectivity index (χ0) is 21.1. The molecular formula is C19H22N2O6S2. The van der Waals surface area contributed by atoms with Crippen molar-refractivity contribution in [3.8, 4) is 0 Å². The lowest BCUT2D eigenvalue weighted by Gasteiger charge is -2.20. The van der Waals surface area contributed by atoms with Gasteiger partial charge in [-0.25, -0.2) is 21.6 Å². The van der Waals surface area contributed by atoms with Gasteiger partial charge in [0.2, 0.25) is 10.0 Å². The smallest absolute Gasteiger partial charge is 0.411 e. The fraction of sp³-hybridized carbons (Fsp3) is 0.316. The van der Waals surface area contributed by atoms with Gasteiger partial charge in [-0.15, -0.1) is 0 Å². The zero-order valence-corrected chi connectivity index (χ0v) is 17.4. The van der Waals surface area contributed by atoms with Gasteiger partial charge in [-0.05, 0) is 36.2 Å². The summed E-state index contributed by atoms with van der Waals surface area (Å²) in [5, 5.41) is 1.72. The van der Waals surface area contributed by atoms with Crippen LogP contribution in [0.4, 0.5) is 10.5 Å². The molecule has 1 aliphatic rings. The molecule has 0 saturated carbocycles. The number of carbonyl (C=O) groups is 1. The molecule has 0 bridgehead atoms. The van der Waals surface area contributed by atoms with Gasteiger partial charge in [0, 0.05) is 18.8 Å². The first-order valence-electron chi connectivity index (χ1n) is 8.96. The van der Waals surface area contributed by atoms with E-state index >= 15 is 0 Å². The van der Waals surface area contributed by atoms with Crippen molar-refractivity contribution >= 4 is 31.6 Å². The number of carbonyl (C=O) groups excluding carboxylic acids is 1. The summed E-state index contributed by atoms with van der Waals surface area (Å²) >= 11 is 0. The number of benzene rings is 2. The minimum atomic E-state index is -3.87. The van der Waals surface area contributed by atoms with Crippen LogP contribution in [-0.2, 0) is 24.6 Å². The Morgan fingerprint density at radius 2 is 1.72 bits per heavy atom. The molecule has 3 rings (SSSR count). The lowest BCUT2D eigenvalue weighted by molar-refractivity contribution is 0.187. The van der Waals surface area contributed by atoms with E-state index in [1.807, 2.05) is 6.07 Å². The van der Waals surface area contributed by atoms with Gasteiger partial charge in [0.25, 0.3) is 0 Å². The third-order valence-electron chi connectivity index (χ3n) is 4.79. The summed E-state index contributed by atoms with van der Waals surface area (Å²) in [4.78, 5) is 11.3. The molecule has 2 aromatic carbocycles. The highest BCUT2D eigenvalue weighted by atomic mass is 32.2. The van der Waals surface area contributed by atoms with Crippen molar-refractivity contribution in [3.05, 3.63) is 60.2 Å². The number of hydrogen-bond acceptors (Lipinski definition) is 6. The van der Waals surface area contributed by atoms with Crippen LogP contribution in [-0.4, -0.2) is 53.2 Å². The minimum Gasteiger partial charge on any atom is -0.453 e. The number of anilines is 1. The van der Waals surface area contributed by atoms with Gasteiger partial charge < -0.3 is 4.74 Å². The summed E-state index contributed by atoms with van der Waals surface area (Å²) in [7, 11) is -6.12. The molecule has 0 aliphatic carbocycles. The second-order valence-corrected chi connectivity index (χ2v) is 10.8. The normalized spacial score (nSPS) is 19.8. The lowest BCUT2D eigenvalue weighted by atomic mass is 10.1. The number of sulfone groups is 1. The van der Waals surface area contributed by atoms with Crippen molar-refractivity contribution in [2.75, 3.05) is 31.3 Å². The van der Waals surface area contributed by atoms with Crippen LogP contribution in [0.1, 0.15) is 17.2 Å². The van der Waals surface area contributed by atoms with Crippen molar-refractivity contribution in [2.45, 2.75) is 16.6 Å². The van der Waals surface area contributed by atoms with Crippen molar-refractivity contribution in [3.63, 3.8) is 0 Å². The van der Waals surface area contributed by atoms with E-state index in [0.29, 0.717) is 11.3 Å². The molecule has 1 heterocycles. The molecule has 156 valence electrons. The Morgan fingerprint density at radius 3 is 2.34 bits per heavy atom. The van der Waals surface area contributed by atoms with Gasteiger partial charge >= 0.3 is 6.09 Å². The van der Waals surface area contributed by atoms with E-state index < -0.39 is 31.2 Å². The summed E-state index contributed by atoms with van der Waals surface area (Å²) in [6.45, 7) is -0.000547. The lowest BCUT2D eigenvalue weighted by Crippen LogP contribution is -2.33. The quantitative estimate of drug-likeness (QED) is 0.785. The van der Waals surface area contributed by atoms with Crippen LogP contribution >= 0.6 is 0 Å². The van der Waals surface area contributed by atoms with Crippen LogP contribution in [0.25, 0.3) is 0 Å². The Bertz CT molecular complexity index is 1070. The average Bonchev–Trinajstić information content (AvgIpc) is 2.87.